The van der Waals surface area contributed by atoms with E-state index in [1.807, 2.05) is 31.2 Å². The molecule has 0 fully saturated rings. The highest BCUT2D eigenvalue weighted by atomic mass is 32.2. The first-order valence-electron chi connectivity index (χ1n) is 7.85. The zero-order chi connectivity index (χ0) is 19.2. The van der Waals surface area contributed by atoms with Crippen LogP contribution in [0.5, 0.6) is 5.75 Å². The first-order chi connectivity index (χ1) is 13.0. The van der Waals surface area contributed by atoms with Crippen molar-refractivity contribution in [2.45, 2.75) is 18.7 Å². The standard InChI is InChI=1S/C17H15F2N5O2S/c1-11-4-2-3-5-14(11)24-17(21-22-23-24)27-10-15(25)20-12-6-8-13(9-7-12)26-16(18)19/h2-9,16H,10H2,1H3,(H,20,25). The van der Waals surface area contributed by atoms with Crippen LogP contribution in [0.4, 0.5) is 14.5 Å². The molecular weight excluding hydrogens is 376 g/mol. The fourth-order valence-corrected chi connectivity index (χ4v) is 2.95. The highest BCUT2D eigenvalue weighted by Gasteiger charge is 2.13. The van der Waals surface area contributed by atoms with Crippen molar-refractivity contribution < 1.29 is 18.3 Å². The fraction of sp³-hybridized carbons (Fsp3) is 0.176. The molecule has 0 aliphatic carbocycles. The van der Waals surface area contributed by atoms with Gasteiger partial charge in [-0.25, -0.2) is 0 Å². The maximum Gasteiger partial charge on any atom is 0.387 e. The van der Waals surface area contributed by atoms with E-state index in [1.54, 1.807) is 4.68 Å². The predicted molar refractivity (Wildman–Crippen MR) is 96.3 cm³/mol. The molecule has 140 valence electrons. The molecule has 0 spiro atoms. The minimum atomic E-state index is -2.89. The third kappa shape index (κ3) is 5.00. The number of rotatable bonds is 7. The number of benzene rings is 2. The molecule has 3 aromatic rings. The molecule has 1 heterocycles. The van der Waals surface area contributed by atoms with Crippen molar-refractivity contribution in [1.82, 2.24) is 20.2 Å². The van der Waals surface area contributed by atoms with Crippen LogP contribution in [0.1, 0.15) is 5.56 Å². The number of ether oxygens (including phenoxy) is 1. The summed E-state index contributed by atoms with van der Waals surface area (Å²) < 4.78 is 30.1. The molecule has 2 aromatic carbocycles. The molecule has 0 bridgehead atoms. The minimum absolute atomic E-state index is 0.0229. The van der Waals surface area contributed by atoms with Crippen LogP contribution in [0.25, 0.3) is 5.69 Å². The summed E-state index contributed by atoms with van der Waals surface area (Å²) in [5, 5.41) is 14.8. The number of amides is 1. The molecule has 0 aliphatic rings. The number of aryl methyl sites for hydroxylation is 1. The van der Waals surface area contributed by atoms with Gasteiger partial charge < -0.3 is 10.1 Å². The van der Waals surface area contributed by atoms with Crippen LogP contribution in [0.2, 0.25) is 0 Å². The van der Waals surface area contributed by atoms with Crippen molar-refractivity contribution in [3.05, 3.63) is 54.1 Å². The Morgan fingerprint density at radius 3 is 2.67 bits per heavy atom. The lowest BCUT2D eigenvalue weighted by Gasteiger charge is -2.08. The van der Waals surface area contributed by atoms with E-state index < -0.39 is 6.61 Å². The molecule has 0 saturated carbocycles. The second-order valence-electron chi connectivity index (χ2n) is 5.40. The van der Waals surface area contributed by atoms with Gasteiger partial charge >= 0.3 is 6.61 Å². The SMILES string of the molecule is Cc1ccccc1-n1nnnc1SCC(=O)Nc1ccc(OC(F)F)cc1. The van der Waals surface area contributed by atoms with Crippen LogP contribution in [0.15, 0.2) is 53.7 Å². The Morgan fingerprint density at radius 2 is 1.96 bits per heavy atom. The summed E-state index contributed by atoms with van der Waals surface area (Å²) in [6, 6.07) is 13.3. The number of nitrogens with zero attached hydrogens (tertiary/aromatic N) is 4. The van der Waals surface area contributed by atoms with Gasteiger partial charge in [0.1, 0.15) is 5.75 Å². The smallest absolute Gasteiger partial charge is 0.387 e. The predicted octanol–water partition coefficient (Wildman–Crippen LogP) is 3.30. The largest absolute Gasteiger partial charge is 0.435 e. The van der Waals surface area contributed by atoms with Gasteiger partial charge in [0.25, 0.3) is 0 Å². The number of hydrogen-bond donors (Lipinski definition) is 1. The molecular formula is C17H15F2N5O2S. The van der Waals surface area contributed by atoms with E-state index in [1.165, 1.54) is 36.0 Å². The molecule has 10 heteroatoms. The maximum absolute atomic E-state index is 12.1. The number of nitrogens with one attached hydrogen (secondary N) is 1. The molecule has 27 heavy (non-hydrogen) atoms. The summed E-state index contributed by atoms with van der Waals surface area (Å²) in [6.07, 6.45) is 0. The van der Waals surface area contributed by atoms with Crippen LogP contribution in [0.3, 0.4) is 0 Å². The molecule has 1 aromatic heterocycles. The highest BCUT2D eigenvalue weighted by Crippen LogP contribution is 2.21. The fourth-order valence-electron chi connectivity index (χ4n) is 2.27. The first kappa shape index (κ1) is 18.8. The number of thioether (sulfide) groups is 1. The second-order valence-corrected chi connectivity index (χ2v) is 6.34. The summed E-state index contributed by atoms with van der Waals surface area (Å²) in [5.74, 6) is -0.168. The van der Waals surface area contributed by atoms with Crippen molar-refractivity contribution in [2.24, 2.45) is 0 Å². The van der Waals surface area contributed by atoms with Crippen LogP contribution < -0.4 is 10.1 Å². The van der Waals surface area contributed by atoms with Gasteiger partial charge in [0.05, 0.1) is 11.4 Å². The van der Waals surface area contributed by atoms with Crippen LogP contribution in [-0.4, -0.2) is 38.5 Å². The van der Waals surface area contributed by atoms with Gasteiger partial charge in [-0.15, -0.1) is 5.10 Å². The number of hydrogen-bond acceptors (Lipinski definition) is 6. The number of alkyl halides is 2. The van der Waals surface area contributed by atoms with Crippen LogP contribution >= 0.6 is 11.8 Å². The molecule has 1 amide bonds. The maximum atomic E-state index is 12.1. The number of aromatic nitrogens is 4. The topological polar surface area (TPSA) is 81.9 Å². The van der Waals surface area contributed by atoms with E-state index in [2.05, 4.69) is 25.6 Å². The quantitative estimate of drug-likeness (QED) is 0.623. The number of anilines is 1. The van der Waals surface area contributed by atoms with Gasteiger partial charge in [0.2, 0.25) is 11.1 Å². The number of halogens is 2. The minimum Gasteiger partial charge on any atom is -0.435 e. The second kappa shape index (κ2) is 8.58. The van der Waals surface area contributed by atoms with E-state index in [4.69, 9.17) is 0 Å². The third-order valence-corrected chi connectivity index (χ3v) is 4.40. The zero-order valence-corrected chi connectivity index (χ0v) is 15.0. The Hall–Kier alpha value is -3.01. The molecule has 7 nitrogen and oxygen atoms in total. The number of para-hydroxylation sites is 1. The summed E-state index contributed by atoms with van der Waals surface area (Å²) in [4.78, 5) is 12.1. The lowest BCUT2D eigenvalue weighted by atomic mass is 10.2. The highest BCUT2D eigenvalue weighted by molar-refractivity contribution is 7.99. The molecule has 1 N–H and O–H groups in total. The lowest BCUT2D eigenvalue weighted by Crippen LogP contribution is -2.14. The van der Waals surface area contributed by atoms with Crippen LogP contribution in [-0.2, 0) is 4.79 Å². The van der Waals surface area contributed by atoms with Gasteiger partial charge in [-0.1, -0.05) is 30.0 Å². The number of carbonyl (C=O) groups excluding carboxylic acids is 1. The van der Waals surface area contributed by atoms with Gasteiger partial charge in [-0.05, 0) is 53.2 Å². The Labute approximate surface area is 157 Å². The monoisotopic (exact) mass is 391 g/mol. The van der Waals surface area contributed by atoms with Crippen molar-refractivity contribution in [1.29, 1.82) is 0 Å². The van der Waals surface area contributed by atoms with Gasteiger partial charge in [0.15, 0.2) is 0 Å². The first-order valence-corrected chi connectivity index (χ1v) is 8.83. The van der Waals surface area contributed by atoms with Crippen LogP contribution in [0, 0.1) is 6.92 Å². The normalized spacial score (nSPS) is 10.8. The molecule has 3 rings (SSSR count). The molecule has 0 unspecified atom stereocenters. The summed E-state index contributed by atoms with van der Waals surface area (Å²) >= 11 is 1.19. The van der Waals surface area contributed by atoms with Gasteiger partial charge in [0, 0.05) is 5.69 Å². The molecule has 0 saturated heterocycles. The third-order valence-electron chi connectivity index (χ3n) is 3.48. The Kier molecular flexibility index (Phi) is 5.97. The lowest BCUT2D eigenvalue weighted by molar-refractivity contribution is -0.113. The van der Waals surface area contributed by atoms with Crippen molar-refractivity contribution in [3.63, 3.8) is 0 Å². The Morgan fingerprint density at radius 1 is 1.22 bits per heavy atom. The average Bonchev–Trinajstić information content (AvgIpc) is 3.10. The van der Waals surface area contributed by atoms with Crippen molar-refractivity contribution >= 4 is 23.4 Å². The molecule has 0 atom stereocenters. The average molecular weight is 391 g/mol. The van der Waals surface area contributed by atoms with E-state index in [0.717, 1.165) is 11.3 Å². The zero-order valence-electron chi connectivity index (χ0n) is 14.2. The van der Waals surface area contributed by atoms with Crippen molar-refractivity contribution in [3.8, 4) is 11.4 Å². The summed E-state index contributed by atoms with van der Waals surface area (Å²) in [5.41, 5.74) is 2.31. The molecule has 0 aliphatic heterocycles. The van der Waals surface area contributed by atoms with E-state index in [0.29, 0.717) is 10.8 Å². The summed E-state index contributed by atoms with van der Waals surface area (Å²) in [6.45, 7) is -0.944. The Balaban J connectivity index is 1.59. The summed E-state index contributed by atoms with van der Waals surface area (Å²) in [7, 11) is 0. The van der Waals surface area contributed by atoms with Crippen molar-refractivity contribution in [2.75, 3.05) is 11.1 Å². The van der Waals surface area contributed by atoms with E-state index >= 15 is 0 Å². The van der Waals surface area contributed by atoms with E-state index in [-0.39, 0.29) is 17.4 Å². The van der Waals surface area contributed by atoms with Gasteiger partial charge in [-0.3, -0.25) is 4.79 Å². The number of tetrazole rings is 1. The van der Waals surface area contributed by atoms with Gasteiger partial charge in [-0.2, -0.15) is 13.5 Å². The Bertz CT molecular complexity index is 918. The molecule has 0 radical (unpaired) electrons. The van der Waals surface area contributed by atoms with E-state index in [9.17, 15) is 13.6 Å². The number of carbonyl (C=O) groups is 1.